The summed E-state index contributed by atoms with van der Waals surface area (Å²) >= 11 is 0. The molecule has 0 aromatic heterocycles. The van der Waals surface area contributed by atoms with Gasteiger partial charge in [-0.25, -0.2) is 5.43 Å². The molecule has 0 unspecified atom stereocenters. The number of benzene rings is 3. The lowest BCUT2D eigenvalue weighted by atomic mass is 10.2. The molecule has 3 N–H and O–H groups in total. The van der Waals surface area contributed by atoms with Gasteiger partial charge >= 0.3 is 11.8 Å². The van der Waals surface area contributed by atoms with Gasteiger partial charge in [-0.2, -0.15) is 5.10 Å². The van der Waals surface area contributed by atoms with Crippen LogP contribution in [0.3, 0.4) is 0 Å². The molecule has 0 atom stereocenters. The van der Waals surface area contributed by atoms with E-state index in [0.29, 0.717) is 22.7 Å². The smallest absolute Gasteiger partial charge is 0.329 e. The summed E-state index contributed by atoms with van der Waals surface area (Å²) in [5.41, 5.74) is 4.28. The summed E-state index contributed by atoms with van der Waals surface area (Å²) in [4.78, 5) is 35.8. The number of carbonyl (C=O) groups is 3. The predicted molar refractivity (Wildman–Crippen MR) is 128 cm³/mol. The van der Waals surface area contributed by atoms with Crippen LogP contribution in [-0.2, 0) is 20.9 Å². The summed E-state index contributed by atoms with van der Waals surface area (Å²) in [6.45, 7) is 0.0643. The Labute approximate surface area is 196 Å². The predicted octanol–water partition coefficient (Wildman–Crippen LogP) is 2.48. The standard InChI is InChI=1S/C25H24N4O5/c1-33-22-10-6-5-9-21(22)28-23(30)17-34-20-13-11-19(12-14-20)16-27-29-25(32)24(31)26-15-18-7-3-2-4-8-18/h2-14,16H,15,17H2,1H3,(H,26,31)(H,28,30)(H,29,32)/b27-16-. The van der Waals surface area contributed by atoms with Crippen molar-refractivity contribution in [1.29, 1.82) is 0 Å². The Morgan fingerprint density at radius 2 is 1.59 bits per heavy atom. The fourth-order valence-corrected chi connectivity index (χ4v) is 2.81. The van der Waals surface area contributed by atoms with Gasteiger partial charge in [0, 0.05) is 6.54 Å². The minimum Gasteiger partial charge on any atom is -0.495 e. The lowest BCUT2D eigenvalue weighted by Crippen LogP contribution is -2.37. The molecule has 3 rings (SSSR count). The summed E-state index contributed by atoms with van der Waals surface area (Å²) in [5, 5.41) is 9.03. The topological polar surface area (TPSA) is 118 Å². The summed E-state index contributed by atoms with van der Waals surface area (Å²) in [5.74, 6) is -0.940. The van der Waals surface area contributed by atoms with Crippen molar-refractivity contribution in [3.05, 3.63) is 90.0 Å². The molecule has 0 radical (unpaired) electrons. The van der Waals surface area contributed by atoms with E-state index in [-0.39, 0.29) is 19.1 Å². The van der Waals surface area contributed by atoms with Gasteiger partial charge < -0.3 is 20.1 Å². The highest BCUT2D eigenvalue weighted by molar-refractivity contribution is 6.35. The van der Waals surface area contributed by atoms with E-state index in [9.17, 15) is 14.4 Å². The number of anilines is 1. The van der Waals surface area contributed by atoms with Crippen LogP contribution in [-0.4, -0.2) is 37.7 Å². The average Bonchev–Trinajstić information content (AvgIpc) is 2.87. The van der Waals surface area contributed by atoms with E-state index in [1.54, 1.807) is 42.5 Å². The third-order valence-corrected chi connectivity index (χ3v) is 4.51. The van der Waals surface area contributed by atoms with Crippen LogP contribution in [0.25, 0.3) is 0 Å². The Morgan fingerprint density at radius 3 is 2.32 bits per heavy atom. The molecule has 9 nitrogen and oxygen atoms in total. The number of methoxy groups -OCH3 is 1. The van der Waals surface area contributed by atoms with Gasteiger partial charge in [0.1, 0.15) is 11.5 Å². The minimum absolute atomic E-state index is 0.181. The number of hydrogen-bond donors (Lipinski definition) is 3. The summed E-state index contributed by atoms with van der Waals surface area (Å²) in [7, 11) is 1.53. The molecule has 174 valence electrons. The van der Waals surface area contributed by atoms with E-state index < -0.39 is 11.8 Å². The maximum Gasteiger partial charge on any atom is 0.329 e. The van der Waals surface area contributed by atoms with Gasteiger partial charge in [-0.1, -0.05) is 42.5 Å². The number of amides is 3. The van der Waals surface area contributed by atoms with Gasteiger partial charge in [-0.3, -0.25) is 14.4 Å². The van der Waals surface area contributed by atoms with E-state index in [4.69, 9.17) is 9.47 Å². The highest BCUT2D eigenvalue weighted by Gasteiger charge is 2.12. The average molecular weight is 460 g/mol. The van der Waals surface area contributed by atoms with Crippen molar-refractivity contribution in [2.45, 2.75) is 6.54 Å². The maximum atomic E-state index is 12.1. The fraction of sp³-hybridized carbons (Fsp3) is 0.120. The van der Waals surface area contributed by atoms with Gasteiger partial charge in [-0.15, -0.1) is 0 Å². The van der Waals surface area contributed by atoms with Crippen LogP contribution in [0.4, 0.5) is 5.69 Å². The van der Waals surface area contributed by atoms with Crippen LogP contribution < -0.4 is 25.5 Å². The van der Waals surface area contributed by atoms with E-state index >= 15 is 0 Å². The van der Waals surface area contributed by atoms with Crippen molar-refractivity contribution >= 4 is 29.6 Å². The van der Waals surface area contributed by atoms with E-state index in [1.807, 2.05) is 36.4 Å². The zero-order chi connectivity index (χ0) is 24.2. The van der Waals surface area contributed by atoms with Crippen molar-refractivity contribution < 1.29 is 23.9 Å². The molecule has 0 bridgehead atoms. The van der Waals surface area contributed by atoms with Crippen LogP contribution in [0.1, 0.15) is 11.1 Å². The second-order valence-corrected chi connectivity index (χ2v) is 6.97. The highest BCUT2D eigenvalue weighted by Crippen LogP contribution is 2.22. The molecule has 3 aromatic rings. The Morgan fingerprint density at radius 1 is 0.882 bits per heavy atom. The van der Waals surface area contributed by atoms with Crippen LogP contribution in [0.15, 0.2) is 84.0 Å². The van der Waals surface area contributed by atoms with Crippen molar-refractivity contribution in [1.82, 2.24) is 10.7 Å². The molecule has 34 heavy (non-hydrogen) atoms. The molecule has 3 aromatic carbocycles. The Balaban J connectivity index is 1.41. The van der Waals surface area contributed by atoms with Crippen LogP contribution in [0.5, 0.6) is 11.5 Å². The maximum absolute atomic E-state index is 12.1. The van der Waals surface area contributed by atoms with Gasteiger partial charge in [0.15, 0.2) is 6.61 Å². The molecule has 0 aliphatic carbocycles. The quantitative estimate of drug-likeness (QED) is 0.258. The number of nitrogens with zero attached hydrogens (tertiary/aromatic N) is 1. The van der Waals surface area contributed by atoms with Gasteiger partial charge in [0.25, 0.3) is 5.91 Å². The SMILES string of the molecule is COc1ccccc1NC(=O)COc1ccc(/C=N\NC(=O)C(=O)NCc2ccccc2)cc1. The van der Waals surface area contributed by atoms with E-state index in [0.717, 1.165) is 5.56 Å². The number of para-hydroxylation sites is 2. The van der Waals surface area contributed by atoms with Gasteiger partial charge in [0.05, 0.1) is 19.0 Å². The first-order valence-electron chi connectivity index (χ1n) is 10.4. The van der Waals surface area contributed by atoms with Crippen molar-refractivity contribution in [2.24, 2.45) is 5.10 Å². The third kappa shape index (κ3) is 7.49. The number of rotatable bonds is 9. The normalized spacial score (nSPS) is 10.4. The molecule has 0 aliphatic heterocycles. The van der Waals surface area contributed by atoms with Crippen LogP contribution in [0, 0.1) is 0 Å². The molecule has 0 spiro atoms. The monoisotopic (exact) mass is 460 g/mol. The Bertz CT molecular complexity index is 1150. The summed E-state index contributed by atoms with van der Waals surface area (Å²) in [6, 6.07) is 23.0. The zero-order valence-electron chi connectivity index (χ0n) is 18.5. The Hall–Kier alpha value is -4.66. The molecular formula is C25H24N4O5. The second-order valence-electron chi connectivity index (χ2n) is 6.97. The first-order chi connectivity index (χ1) is 16.5. The first-order valence-corrected chi connectivity index (χ1v) is 10.4. The van der Waals surface area contributed by atoms with Gasteiger partial charge in [0.2, 0.25) is 0 Å². The van der Waals surface area contributed by atoms with Crippen molar-refractivity contribution in [3.8, 4) is 11.5 Å². The van der Waals surface area contributed by atoms with Crippen LogP contribution in [0.2, 0.25) is 0 Å². The lowest BCUT2D eigenvalue weighted by Gasteiger charge is -2.10. The highest BCUT2D eigenvalue weighted by atomic mass is 16.5. The molecule has 0 aliphatic rings. The largest absolute Gasteiger partial charge is 0.495 e. The zero-order valence-corrected chi connectivity index (χ0v) is 18.5. The number of hydrogen-bond acceptors (Lipinski definition) is 6. The molecular weight excluding hydrogens is 436 g/mol. The molecule has 0 saturated heterocycles. The molecule has 3 amide bonds. The number of carbonyl (C=O) groups excluding carboxylic acids is 3. The second kappa shape index (κ2) is 12.4. The lowest BCUT2D eigenvalue weighted by molar-refractivity contribution is -0.139. The van der Waals surface area contributed by atoms with E-state index in [1.165, 1.54) is 13.3 Å². The van der Waals surface area contributed by atoms with Crippen LogP contribution >= 0.6 is 0 Å². The Kier molecular flexibility index (Phi) is 8.75. The fourth-order valence-electron chi connectivity index (χ4n) is 2.81. The molecule has 0 saturated carbocycles. The third-order valence-electron chi connectivity index (χ3n) is 4.51. The number of nitrogens with one attached hydrogen (secondary N) is 3. The summed E-state index contributed by atoms with van der Waals surface area (Å²) in [6.07, 6.45) is 1.39. The van der Waals surface area contributed by atoms with E-state index in [2.05, 4.69) is 21.2 Å². The summed E-state index contributed by atoms with van der Waals surface area (Å²) < 4.78 is 10.7. The molecule has 0 fully saturated rings. The number of hydrazone groups is 1. The molecule has 0 heterocycles. The van der Waals surface area contributed by atoms with Gasteiger partial charge in [-0.05, 0) is 47.5 Å². The number of ether oxygens (including phenoxy) is 2. The first kappa shape index (κ1) is 24.0. The van der Waals surface area contributed by atoms with Crippen molar-refractivity contribution in [2.75, 3.05) is 19.0 Å². The van der Waals surface area contributed by atoms with Crippen molar-refractivity contribution in [3.63, 3.8) is 0 Å². The molecule has 9 heteroatoms. The minimum atomic E-state index is -0.867.